The van der Waals surface area contributed by atoms with Crippen LogP contribution in [-0.2, 0) is 16.1 Å². The molecule has 2 heterocycles. The topological polar surface area (TPSA) is 88.3 Å². The Balaban J connectivity index is 1.81. The molecule has 0 aliphatic carbocycles. The SMILES string of the molecule is Cc1noc(CN2CC(=O)NC(c3ccccc3)C2=O)n1. The smallest absolute Gasteiger partial charge is 0.250 e. The first-order valence-electron chi connectivity index (χ1n) is 6.56. The molecule has 21 heavy (non-hydrogen) atoms. The largest absolute Gasteiger partial charge is 0.339 e. The van der Waals surface area contributed by atoms with E-state index in [4.69, 9.17) is 4.52 Å². The summed E-state index contributed by atoms with van der Waals surface area (Å²) in [4.78, 5) is 29.8. The van der Waals surface area contributed by atoms with Crippen molar-refractivity contribution in [3.05, 3.63) is 47.6 Å². The van der Waals surface area contributed by atoms with Crippen molar-refractivity contribution in [1.82, 2.24) is 20.4 Å². The molecule has 1 aromatic carbocycles. The monoisotopic (exact) mass is 286 g/mol. The molecule has 1 saturated heterocycles. The Hall–Kier alpha value is -2.70. The van der Waals surface area contributed by atoms with E-state index in [1.807, 2.05) is 30.3 Å². The summed E-state index contributed by atoms with van der Waals surface area (Å²) in [6, 6.07) is 8.46. The van der Waals surface area contributed by atoms with Gasteiger partial charge in [0.25, 0.3) is 5.91 Å². The lowest BCUT2D eigenvalue weighted by Crippen LogP contribution is -2.52. The van der Waals surface area contributed by atoms with Crippen molar-refractivity contribution in [2.75, 3.05) is 6.54 Å². The molecule has 2 aromatic rings. The van der Waals surface area contributed by atoms with Crippen LogP contribution >= 0.6 is 0 Å². The van der Waals surface area contributed by atoms with Gasteiger partial charge >= 0.3 is 0 Å². The molecule has 0 saturated carbocycles. The fraction of sp³-hybridized carbons (Fsp3) is 0.286. The molecule has 1 atom stereocenters. The number of carbonyl (C=O) groups is 2. The van der Waals surface area contributed by atoms with Crippen molar-refractivity contribution in [3.8, 4) is 0 Å². The first-order chi connectivity index (χ1) is 10.1. The number of hydrogen-bond acceptors (Lipinski definition) is 5. The summed E-state index contributed by atoms with van der Waals surface area (Å²) >= 11 is 0. The lowest BCUT2D eigenvalue weighted by molar-refractivity contribution is -0.145. The molecule has 1 aromatic heterocycles. The van der Waals surface area contributed by atoms with E-state index in [0.29, 0.717) is 11.7 Å². The van der Waals surface area contributed by atoms with Gasteiger partial charge in [-0.1, -0.05) is 35.5 Å². The number of rotatable bonds is 3. The molecule has 1 unspecified atom stereocenters. The normalized spacial score (nSPS) is 18.7. The van der Waals surface area contributed by atoms with Gasteiger partial charge in [0.05, 0.1) is 0 Å². The maximum absolute atomic E-state index is 12.5. The molecule has 7 heteroatoms. The number of piperazine rings is 1. The Bertz CT molecular complexity index is 668. The van der Waals surface area contributed by atoms with Crippen LogP contribution in [0.2, 0.25) is 0 Å². The van der Waals surface area contributed by atoms with E-state index in [9.17, 15) is 9.59 Å². The average Bonchev–Trinajstić information content (AvgIpc) is 2.89. The molecule has 0 bridgehead atoms. The van der Waals surface area contributed by atoms with Crippen molar-refractivity contribution in [1.29, 1.82) is 0 Å². The molecule has 2 amide bonds. The van der Waals surface area contributed by atoms with Gasteiger partial charge in [0.1, 0.15) is 19.1 Å². The van der Waals surface area contributed by atoms with E-state index in [1.165, 1.54) is 4.90 Å². The first kappa shape index (κ1) is 13.3. The molecule has 1 fully saturated rings. The van der Waals surface area contributed by atoms with Gasteiger partial charge in [-0.15, -0.1) is 0 Å². The van der Waals surface area contributed by atoms with Crippen LogP contribution in [-0.4, -0.2) is 33.4 Å². The van der Waals surface area contributed by atoms with E-state index in [-0.39, 0.29) is 24.9 Å². The van der Waals surface area contributed by atoms with Crippen LogP contribution in [0.5, 0.6) is 0 Å². The second-order valence-electron chi connectivity index (χ2n) is 4.84. The van der Waals surface area contributed by atoms with E-state index >= 15 is 0 Å². The first-order valence-corrected chi connectivity index (χ1v) is 6.56. The van der Waals surface area contributed by atoms with Gasteiger partial charge in [-0.25, -0.2) is 0 Å². The minimum atomic E-state index is -0.670. The van der Waals surface area contributed by atoms with E-state index in [2.05, 4.69) is 15.5 Å². The highest BCUT2D eigenvalue weighted by Crippen LogP contribution is 2.20. The van der Waals surface area contributed by atoms with Gasteiger partial charge in [0.2, 0.25) is 11.8 Å². The van der Waals surface area contributed by atoms with Crippen LogP contribution in [0.25, 0.3) is 0 Å². The van der Waals surface area contributed by atoms with E-state index in [1.54, 1.807) is 6.92 Å². The zero-order valence-electron chi connectivity index (χ0n) is 11.4. The predicted octanol–water partition coefficient (Wildman–Crippen LogP) is 0.578. The molecule has 108 valence electrons. The highest BCUT2D eigenvalue weighted by atomic mass is 16.5. The zero-order valence-corrected chi connectivity index (χ0v) is 11.4. The Kier molecular flexibility index (Phi) is 3.39. The van der Waals surface area contributed by atoms with Crippen LogP contribution in [0.15, 0.2) is 34.9 Å². The maximum Gasteiger partial charge on any atom is 0.250 e. The second-order valence-corrected chi connectivity index (χ2v) is 4.84. The minimum absolute atomic E-state index is 0.0103. The molecule has 3 rings (SSSR count). The molecular weight excluding hydrogens is 272 g/mol. The van der Waals surface area contributed by atoms with Gasteiger partial charge in [-0.3, -0.25) is 9.59 Å². The summed E-state index contributed by atoms with van der Waals surface area (Å²) in [6.45, 7) is 1.82. The third-order valence-corrected chi connectivity index (χ3v) is 3.23. The number of nitrogens with zero attached hydrogens (tertiary/aromatic N) is 3. The summed E-state index contributed by atoms with van der Waals surface area (Å²) in [5, 5.41) is 6.39. The van der Waals surface area contributed by atoms with Crippen LogP contribution in [0.1, 0.15) is 23.3 Å². The predicted molar refractivity (Wildman–Crippen MR) is 71.8 cm³/mol. The number of aryl methyl sites for hydroxylation is 1. The molecule has 0 radical (unpaired) electrons. The fourth-order valence-electron chi connectivity index (χ4n) is 2.27. The van der Waals surface area contributed by atoms with Crippen molar-refractivity contribution >= 4 is 11.8 Å². The lowest BCUT2D eigenvalue weighted by Gasteiger charge is -2.31. The van der Waals surface area contributed by atoms with Gasteiger partial charge in [-0.2, -0.15) is 4.98 Å². The van der Waals surface area contributed by atoms with Crippen LogP contribution in [0, 0.1) is 6.92 Å². The number of hydrogen-bond donors (Lipinski definition) is 1. The zero-order chi connectivity index (χ0) is 14.8. The van der Waals surface area contributed by atoms with Crippen molar-refractivity contribution in [2.24, 2.45) is 0 Å². The van der Waals surface area contributed by atoms with Crippen molar-refractivity contribution in [2.45, 2.75) is 19.5 Å². The van der Waals surface area contributed by atoms with E-state index in [0.717, 1.165) is 5.56 Å². The van der Waals surface area contributed by atoms with Crippen molar-refractivity contribution in [3.63, 3.8) is 0 Å². The standard InChI is InChI=1S/C14H14N4O3/c1-9-15-12(21-17-9)8-18-7-11(19)16-13(14(18)20)10-5-3-2-4-6-10/h2-6,13H,7-8H2,1H3,(H,16,19). The van der Waals surface area contributed by atoms with Crippen LogP contribution < -0.4 is 5.32 Å². The molecule has 1 N–H and O–H groups in total. The summed E-state index contributed by atoms with van der Waals surface area (Å²) in [5.41, 5.74) is 0.752. The van der Waals surface area contributed by atoms with E-state index < -0.39 is 6.04 Å². The van der Waals surface area contributed by atoms with Crippen molar-refractivity contribution < 1.29 is 14.1 Å². The quantitative estimate of drug-likeness (QED) is 0.891. The molecule has 7 nitrogen and oxygen atoms in total. The summed E-state index contributed by atoms with van der Waals surface area (Å²) in [6.07, 6.45) is 0. The van der Waals surface area contributed by atoms with Crippen LogP contribution in [0.3, 0.4) is 0 Å². The van der Waals surface area contributed by atoms with Gasteiger partial charge in [-0.05, 0) is 12.5 Å². The van der Waals surface area contributed by atoms with Crippen LogP contribution in [0.4, 0.5) is 0 Å². The molecule has 0 spiro atoms. The molecular formula is C14H14N4O3. The molecule has 1 aliphatic heterocycles. The van der Waals surface area contributed by atoms with Gasteiger partial charge < -0.3 is 14.7 Å². The number of aromatic nitrogens is 2. The summed E-state index contributed by atoms with van der Waals surface area (Å²) in [7, 11) is 0. The Labute approximate surface area is 120 Å². The van der Waals surface area contributed by atoms with Gasteiger partial charge in [0.15, 0.2) is 5.82 Å². The Morgan fingerprint density at radius 3 is 2.76 bits per heavy atom. The maximum atomic E-state index is 12.5. The fourth-order valence-corrected chi connectivity index (χ4v) is 2.27. The summed E-state index contributed by atoms with van der Waals surface area (Å²) < 4.78 is 5.00. The molecule has 1 aliphatic rings. The Morgan fingerprint density at radius 2 is 2.10 bits per heavy atom. The number of nitrogens with one attached hydrogen (secondary N) is 1. The lowest BCUT2D eigenvalue weighted by atomic mass is 10.0. The Morgan fingerprint density at radius 1 is 1.33 bits per heavy atom. The highest BCUT2D eigenvalue weighted by Gasteiger charge is 2.34. The average molecular weight is 286 g/mol. The highest BCUT2D eigenvalue weighted by molar-refractivity contribution is 5.95. The second kappa shape index (κ2) is 5.35. The van der Waals surface area contributed by atoms with Gasteiger partial charge in [0, 0.05) is 0 Å². The number of amides is 2. The number of carbonyl (C=O) groups excluding carboxylic acids is 2. The minimum Gasteiger partial charge on any atom is -0.339 e. The third-order valence-electron chi connectivity index (χ3n) is 3.23. The third kappa shape index (κ3) is 2.76. The number of benzene rings is 1. The summed E-state index contributed by atoms with van der Waals surface area (Å²) in [5.74, 6) is 0.428.